The van der Waals surface area contributed by atoms with Crippen molar-refractivity contribution >= 4 is 35.5 Å². The number of halogens is 1. The number of ether oxygens (including phenoxy) is 5. The summed E-state index contributed by atoms with van der Waals surface area (Å²) in [5.41, 5.74) is 0. The normalized spacial score (nSPS) is 29.3. The third-order valence-corrected chi connectivity index (χ3v) is 3.24. The van der Waals surface area contributed by atoms with Crippen LogP contribution in [0.25, 0.3) is 0 Å². The van der Waals surface area contributed by atoms with Crippen molar-refractivity contribution in [3.8, 4) is 0 Å². The summed E-state index contributed by atoms with van der Waals surface area (Å²) in [4.78, 5) is 45.4. The number of carbonyl (C=O) groups excluding carboxylic acids is 4. The first-order valence-corrected chi connectivity index (χ1v) is 7.59. The summed E-state index contributed by atoms with van der Waals surface area (Å²) in [6, 6.07) is 0. The van der Waals surface area contributed by atoms with E-state index in [4.69, 9.17) is 35.3 Å². The minimum Gasteiger partial charge on any atom is -0.456 e. The highest BCUT2D eigenvalue weighted by atomic mass is 35.5. The van der Waals surface area contributed by atoms with Crippen LogP contribution >= 0.6 is 11.6 Å². The van der Waals surface area contributed by atoms with E-state index in [1.165, 1.54) is 0 Å². The van der Waals surface area contributed by atoms with Crippen LogP contribution in [-0.4, -0.2) is 60.5 Å². The van der Waals surface area contributed by atoms with E-state index in [9.17, 15) is 19.2 Å². The number of carbonyl (C=O) groups is 4. The van der Waals surface area contributed by atoms with E-state index in [0.717, 1.165) is 27.7 Å². The fourth-order valence-electron chi connectivity index (χ4n) is 2.24. The lowest BCUT2D eigenvalue weighted by molar-refractivity contribution is -0.292. The highest BCUT2D eigenvalue weighted by Crippen LogP contribution is 2.30. The molecule has 1 unspecified atom stereocenters. The van der Waals surface area contributed by atoms with Gasteiger partial charge in [0.05, 0.1) is 5.88 Å². The number of hydrogen-bond donors (Lipinski definition) is 0. The van der Waals surface area contributed by atoms with Gasteiger partial charge in [-0.2, -0.15) is 0 Å². The van der Waals surface area contributed by atoms with Crippen LogP contribution in [0.2, 0.25) is 0 Å². The van der Waals surface area contributed by atoms with Crippen LogP contribution in [0, 0.1) is 0 Å². The van der Waals surface area contributed by atoms with Crippen LogP contribution in [-0.2, 0) is 42.9 Å². The maximum absolute atomic E-state index is 11.4. The van der Waals surface area contributed by atoms with Crippen molar-refractivity contribution in [3.63, 3.8) is 0 Å². The molecule has 1 heterocycles. The van der Waals surface area contributed by atoms with Gasteiger partial charge in [-0.1, -0.05) is 0 Å². The lowest BCUT2D eigenvalue weighted by Gasteiger charge is -2.43. The molecule has 0 aliphatic carbocycles. The van der Waals surface area contributed by atoms with Crippen molar-refractivity contribution in [3.05, 3.63) is 0 Å². The lowest BCUT2D eigenvalue weighted by Crippen LogP contribution is -2.62. The summed E-state index contributed by atoms with van der Waals surface area (Å²) >= 11 is 5.81. The van der Waals surface area contributed by atoms with E-state index in [1.807, 2.05) is 0 Å². The van der Waals surface area contributed by atoms with Crippen molar-refractivity contribution in [1.29, 1.82) is 0 Å². The SMILES string of the molecule is CC(=O)OC1O[C@H](CCl)[C@@H](OC(C)=O)[C@H](OC(C)=O)[C@H]1OC(C)=O. The Balaban J connectivity index is 3.23. The molecule has 0 N–H and O–H groups in total. The van der Waals surface area contributed by atoms with Gasteiger partial charge in [-0.25, -0.2) is 0 Å². The van der Waals surface area contributed by atoms with Gasteiger partial charge in [-0.3, -0.25) is 19.2 Å². The van der Waals surface area contributed by atoms with Gasteiger partial charge < -0.3 is 23.7 Å². The zero-order valence-corrected chi connectivity index (χ0v) is 14.4. The Labute approximate surface area is 143 Å². The van der Waals surface area contributed by atoms with E-state index in [-0.39, 0.29) is 5.88 Å². The monoisotopic (exact) mass is 366 g/mol. The molecule has 24 heavy (non-hydrogen) atoms. The summed E-state index contributed by atoms with van der Waals surface area (Å²) in [6.07, 6.45) is -6.03. The summed E-state index contributed by atoms with van der Waals surface area (Å²) in [7, 11) is 0. The molecule has 5 atom stereocenters. The van der Waals surface area contributed by atoms with Crippen molar-refractivity contribution in [2.45, 2.75) is 58.4 Å². The molecule has 136 valence electrons. The minimum absolute atomic E-state index is 0.153. The van der Waals surface area contributed by atoms with Crippen molar-refractivity contribution in [2.75, 3.05) is 5.88 Å². The highest BCUT2D eigenvalue weighted by Gasteiger charge is 2.52. The Morgan fingerprint density at radius 1 is 0.750 bits per heavy atom. The number of rotatable bonds is 5. The Hall–Kier alpha value is -1.87. The van der Waals surface area contributed by atoms with Gasteiger partial charge in [0.2, 0.25) is 12.4 Å². The Kier molecular flexibility index (Phi) is 7.43. The fraction of sp³-hybridized carbons (Fsp3) is 0.714. The summed E-state index contributed by atoms with van der Waals surface area (Å²) < 4.78 is 25.8. The van der Waals surface area contributed by atoms with Gasteiger partial charge >= 0.3 is 23.9 Å². The molecule has 10 heteroatoms. The summed E-state index contributed by atoms with van der Waals surface area (Å²) in [5.74, 6) is -2.99. The molecule has 1 aliphatic heterocycles. The van der Waals surface area contributed by atoms with Crippen molar-refractivity contribution in [2.24, 2.45) is 0 Å². The molecule has 0 aromatic rings. The zero-order valence-electron chi connectivity index (χ0n) is 13.6. The molecule has 0 aromatic heterocycles. The first-order chi connectivity index (χ1) is 11.1. The molecule has 9 nitrogen and oxygen atoms in total. The smallest absolute Gasteiger partial charge is 0.305 e. The van der Waals surface area contributed by atoms with Gasteiger partial charge in [0.25, 0.3) is 0 Å². The third kappa shape index (κ3) is 5.64. The Morgan fingerprint density at radius 2 is 1.17 bits per heavy atom. The second-order valence-electron chi connectivity index (χ2n) is 5.03. The molecular weight excluding hydrogens is 348 g/mol. The van der Waals surface area contributed by atoms with E-state index in [0.29, 0.717) is 0 Å². The predicted octanol–water partition coefficient (Wildman–Crippen LogP) is 0.308. The number of alkyl halides is 1. The molecule has 0 aromatic carbocycles. The maximum atomic E-state index is 11.4. The number of hydrogen-bond acceptors (Lipinski definition) is 9. The molecule has 0 bridgehead atoms. The van der Waals surface area contributed by atoms with E-state index >= 15 is 0 Å². The summed E-state index contributed by atoms with van der Waals surface area (Å²) in [5, 5.41) is 0. The van der Waals surface area contributed by atoms with Crippen LogP contribution < -0.4 is 0 Å². The minimum atomic E-state index is -1.37. The first-order valence-electron chi connectivity index (χ1n) is 7.06. The second-order valence-corrected chi connectivity index (χ2v) is 5.34. The fourth-order valence-corrected chi connectivity index (χ4v) is 2.49. The maximum Gasteiger partial charge on any atom is 0.305 e. The highest BCUT2D eigenvalue weighted by molar-refractivity contribution is 6.18. The van der Waals surface area contributed by atoms with Crippen LogP contribution in [0.4, 0.5) is 0 Å². The predicted molar refractivity (Wildman–Crippen MR) is 77.8 cm³/mol. The third-order valence-electron chi connectivity index (χ3n) is 2.93. The first kappa shape index (κ1) is 20.2. The van der Waals surface area contributed by atoms with E-state index in [1.54, 1.807) is 0 Å². The molecule has 0 radical (unpaired) electrons. The molecule has 1 aliphatic rings. The van der Waals surface area contributed by atoms with Crippen molar-refractivity contribution < 1.29 is 42.9 Å². The number of esters is 4. The Morgan fingerprint density at radius 3 is 1.58 bits per heavy atom. The molecule has 1 fully saturated rings. The standard InChI is InChI=1S/C14H19ClO9/c1-6(16)20-11-10(5-15)24-14(23-9(4)19)13(22-8(3)18)12(11)21-7(2)17/h10-14H,5H2,1-4H3/t10-,11-,12+,13-,14?/m1/s1. The van der Waals surface area contributed by atoms with Gasteiger partial charge in [-0.05, 0) is 0 Å². The zero-order chi connectivity index (χ0) is 18.4. The van der Waals surface area contributed by atoms with Crippen LogP contribution in [0.1, 0.15) is 27.7 Å². The summed E-state index contributed by atoms with van der Waals surface area (Å²) in [6.45, 7) is 4.52. The van der Waals surface area contributed by atoms with Crippen molar-refractivity contribution in [1.82, 2.24) is 0 Å². The van der Waals surface area contributed by atoms with Gasteiger partial charge in [-0.15, -0.1) is 11.6 Å². The average molecular weight is 367 g/mol. The van der Waals surface area contributed by atoms with Gasteiger partial charge in [0.15, 0.2) is 12.2 Å². The molecule has 0 amide bonds. The lowest BCUT2D eigenvalue weighted by atomic mass is 9.98. The van der Waals surface area contributed by atoms with Crippen LogP contribution in [0.3, 0.4) is 0 Å². The van der Waals surface area contributed by atoms with E-state index in [2.05, 4.69) is 0 Å². The molecule has 1 saturated heterocycles. The largest absolute Gasteiger partial charge is 0.456 e. The molecule has 1 rings (SSSR count). The van der Waals surface area contributed by atoms with Crippen LogP contribution in [0.5, 0.6) is 0 Å². The molecule has 0 saturated carbocycles. The molecular formula is C14H19ClO9. The van der Waals surface area contributed by atoms with E-state index < -0.39 is 54.6 Å². The van der Waals surface area contributed by atoms with Gasteiger partial charge in [0, 0.05) is 27.7 Å². The topological polar surface area (TPSA) is 114 Å². The molecule has 0 spiro atoms. The second kappa shape index (κ2) is 8.84. The van der Waals surface area contributed by atoms with Gasteiger partial charge in [0.1, 0.15) is 6.10 Å². The Bertz CT molecular complexity index is 506. The quantitative estimate of drug-likeness (QED) is 0.385. The average Bonchev–Trinajstić information content (AvgIpc) is 2.42. The van der Waals surface area contributed by atoms with Crippen LogP contribution in [0.15, 0.2) is 0 Å².